The molecule has 0 saturated heterocycles. The molecule has 0 spiro atoms. The van der Waals surface area contributed by atoms with Crippen LogP contribution in [0.3, 0.4) is 0 Å². The zero-order valence-corrected chi connectivity index (χ0v) is 14.2. The molecule has 0 unspecified atom stereocenters. The molecular weight excluding hydrogens is 318 g/mol. The van der Waals surface area contributed by atoms with Gasteiger partial charge in [0.05, 0.1) is 5.69 Å². The average molecular weight is 333 g/mol. The van der Waals surface area contributed by atoms with E-state index in [1.165, 1.54) is 16.3 Å². The van der Waals surface area contributed by atoms with Crippen LogP contribution in [-0.4, -0.2) is 15.8 Å². The number of hydrogen-bond donors (Lipinski definition) is 0. The average Bonchev–Trinajstić information content (AvgIpc) is 2.62. The van der Waals surface area contributed by atoms with E-state index in [9.17, 15) is 10.1 Å². The van der Waals surface area contributed by atoms with Gasteiger partial charge in [-0.25, -0.2) is 4.98 Å². The summed E-state index contributed by atoms with van der Waals surface area (Å²) in [7, 11) is 0. The van der Waals surface area contributed by atoms with Crippen molar-refractivity contribution in [2.75, 3.05) is 6.26 Å². The first-order valence-corrected chi connectivity index (χ1v) is 8.61. The van der Waals surface area contributed by atoms with Gasteiger partial charge in [-0.1, -0.05) is 48.0 Å². The number of thioether (sulfide) groups is 1. The van der Waals surface area contributed by atoms with Crippen molar-refractivity contribution >= 4 is 11.8 Å². The van der Waals surface area contributed by atoms with Gasteiger partial charge in [0.25, 0.3) is 5.56 Å². The van der Waals surface area contributed by atoms with Gasteiger partial charge >= 0.3 is 0 Å². The smallest absolute Gasteiger partial charge is 0.267 e. The highest BCUT2D eigenvalue weighted by Crippen LogP contribution is 2.24. The molecule has 0 saturated carbocycles. The Hall–Kier alpha value is -2.84. The predicted molar refractivity (Wildman–Crippen MR) is 96.5 cm³/mol. The summed E-state index contributed by atoms with van der Waals surface area (Å²) in [4.78, 5) is 17.5. The predicted octanol–water partition coefficient (Wildman–Crippen LogP) is 3.80. The molecule has 24 heavy (non-hydrogen) atoms. The molecule has 1 aromatic heterocycles. The fourth-order valence-corrected chi connectivity index (χ4v) is 2.97. The van der Waals surface area contributed by atoms with Crippen molar-refractivity contribution < 1.29 is 0 Å². The highest BCUT2D eigenvalue weighted by Gasteiger charge is 2.18. The first kappa shape index (κ1) is 16.0. The second kappa shape index (κ2) is 6.73. The summed E-state index contributed by atoms with van der Waals surface area (Å²) >= 11 is 1.30. The van der Waals surface area contributed by atoms with E-state index in [0.717, 1.165) is 11.1 Å². The summed E-state index contributed by atoms with van der Waals surface area (Å²) in [5, 5.41) is 9.83. The van der Waals surface area contributed by atoms with Crippen LogP contribution in [-0.2, 0) is 0 Å². The van der Waals surface area contributed by atoms with Gasteiger partial charge in [0.15, 0.2) is 0 Å². The number of nitriles is 1. The van der Waals surface area contributed by atoms with E-state index in [2.05, 4.69) is 4.98 Å². The molecule has 3 rings (SSSR count). The normalized spacial score (nSPS) is 10.4. The van der Waals surface area contributed by atoms with Gasteiger partial charge in [0.2, 0.25) is 0 Å². The third-order valence-corrected chi connectivity index (χ3v) is 4.36. The molecule has 2 aromatic carbocycles. The Kier molecular flexibility index (Phi) is 4.50. The Bertz CT molecular complexity index is 970. The summed E-state index contributed by atoms with van der Waals surface area (Å²) in [6.45, 7) is 2.01. The zero-order valence-electron chi connectivity index (χ0n) is 13.4. The van der Waals surface area contributed by atoms with Crippen LogP contribution in [0.5, 0.6) is 0 Å². The summed E-state index contributed by atoms with van der Waals surface area (Å²) in [6, 6.07) is 19.1. The Morgan fingerprint density at radius 2 is 1.75 bits per heavy atom. The number of hydrogen-bond acceptors (Lipinski definition) is 4. The van der Waals surface area contributed by atoms with Gasteiger partial charge in [-0.2, -0.15) is 5.26 Å². The molecule has 0 aliphatic carbocycles. The molecule has 0 N–H and O–H groups in total. The molecule has 0 bridgehead atoms. The molecule has 0 aliphatic rings. The first-order chi connectivity index (χ1) is 11.7. The maximum absolute atomic E-state index is 12.9. The molecular formula is C19H15N3OS. The largest absolute Gasteiger partial charge is 0.277 e. The van der Waals surface area contributed by atoms with Crippen molar-refractivity contribution in [1.29, 1.82) is 5.26 Å². The summed E-state index contributed by atoms with van der Waals surface area (Å²) in [5.41, 5.74) is 2.38. The van der Waals surface area contributed by atoms with E-state index >= 15 is 0 Å². The number of aryl methyl sites for hydroxylation is 1. The lowest BCUT2D eigenvalue weighted by atomic mass is 10.1. The maximum Gasteiger partial charge on any atom is 0.277 e. The Morgan fingerprint density at radius 1 is 1.08 bits per heavy atom. The van der Waals surface area contributed by atoms with Gasteiger partial charge in [-0.3, -0.25) is 9.36 Å². The van der Waals surface area contributed by atoms with Gasteiger partial charge in [0.1, 0.15) is 22.5 Å². The van der Waals surface area contributed by atoms with E-state index in [-0.39, 0.29) is 11.1 Å². The number of aromatic nitrogens is 2. The lowest BCUT2D eigenvalue weighted by Gasteiger charge is -2.14. The second-order valence-electron chi connectivity index (χ2n) is 5.27. The number of rotatable bonds is 3. The monoisotopic (exact) mass is 333 g/mol. The molecule has 3 aromatic rings. The van der Waals surface area contributed by atoms with Gasteiger partial charge < -0.3 is 0 Å². The van der Waals surface area contributed by atoms with Crippen molar-refractivity contribution in [2.24, 2.45) is 0 Å². The third-order valence-electron chi connectivity index (χ3n) is 3.68. The van der Waals surface area contributed by atoms with E-state index in [1.54, 1.807) is 0 Å². The second-order valence-corrected chi connectivity index (χ2v) is 6.07. The molecule has 0 amide bonds. The van der Waals surface area contributed by atoms with Crippen LogP contribution in [0.2, 0.25) is 0 Å². The van der Waals surface area contributed by atoms with Crippen molar-refractivity contribution in [3.63, 3.8) is 0 Å². The van der Waals surface area contributed by atoms with Crippen LogP contribution >= 0.6 is 11.8 Å². The van der Waals surface area contributed by atoms with Crippen LogP contribution in [0.15, 0.2) is 64.4 Å². The quantitative estimate of drug-likeness (QED) is 0.540. The first-order valence-electron chi connectivity index (χ1n) is 7.39. The number of benzene rings is 2. The summed E-state index contributed by atoms with van der Waals surface area (Å²) in [6.07, 6.45) is 1.81. The van der Waals surface area contributed by atoms with Crippen molar-refractivity contribution in [2.45, 2.75) is 11.9 Å². The minimum atomic E-state index is -0.348. The number of para-hydroxylation sites is 1. The standard InChI is InChI=1S/C19H15N3OS/c1-13-8-10-14(11-9-13)17-21-18(24-2)16(12-20)19(23)22(17)15-6-4-3-5-7-15/h3-11H,1-2H3. The van der Waals surface area contributed by atoms with Crippen molar-refractivity contribution in [3.05, 3.63) is 76.1 Å². The molecule has 4 nitrogen and oxygen atoms in total. The Morgan fingerprint density at radius 3 is 2.33 bits per heavy atom. The van der Waals surface area contributed by atoms with Crippen LogP contribution in [0.25, 0.3) is 17.1 Å². The van der Waals surface area contributed by atoms with Gasteiger partial charge in [0, 0.05) is 5.56 Å². The molecule has 0 fully saturated rings. The summed E-state index contributed by atoms with van der Waals surface area (Å²) < 4.78 is 1.50. The van der Waals surface area contributed by atoms with Crippen LogP contribution in [0.1, 0.15) is 11.1 Å². The van der Waals surface area contributed by atoms with Crippen molar-refractivity contribution in [3.8, 4) is 23.1 Å². The molecule has 118 valence electrons. The molecule has 0 atom stereocenters. The molecule has 0 aliphatic heterocycles. The SMILES string of the molecule is CSc1nc(-c2ccc(C)cc2)n(-c2ccccc2)c(=O)c1C#N. The minimum Gasteiger partial charge on any atom is -0.267 e. The summed E-state index contributed by atoms with van der Waals surface area (Å²) in [5.74, 6) is 0.537. The third kappa shape index (κ3) is 2.84. The van der Waals surface area contributed by atoms with Gasteiger partial charge in [-0.05, 0) is 25.3 Å². The Balaban J connectivity index is 2.39. The van der Waals surface area contributed by atoms with Crippen LogP contribution in [0.4, 0.5) is 0 Å². The number of nitrogens with zero attached hydrogens (tertiary/aromatic N) is 3. The fraction of sp³-hybridized carbons (Fsp3) is 0.105. The van der Waals surface area contributed by atoms with Crippen molar-refractivity contribution in [1.82, 2.24) is 9.55 Å². The van der Waals surface area contributed by atoms with E-state index in [0.29, 0.717) is 16.5 Å². The molecule has 1 heterocycles. The lowest BCUT2D eigenvalue weighted by Crippen LogP contribution is -2.25. The van der Waals surface area contributed by atoms with Crippen LogP contribution in [0, 0.1) is 18.3 Å². The van der Waals surface area contributed by atoms with E-state index in [4.69, 9.17) is 0 Å². The fourth-order valence-electron chi connectivity index (χ4n) is 2.46. The highest BCUT2D eigenvalue weighted by molar-refractivity contribution is 7.98. The lowest BCUT2D eigenvalue weighted by molar-refractivity contribution is 0.893. The van der Waals surface area contributed by atoms with E-state index < -0.39 is 0 Å². The molecule has 0 radical (unpaired) electrons. The maximum atomic E-state index is 12.9. The van der Waals surface area contributed by atoms with Gasteiger partial charge in [-0.15, -0.1) is 11.8 Å². The molecule has 5 heteroatoms. The van der Waals surface area contributed by atoms with Crippen LogP contribution < -0.4 is 5.56 Å². The van der Waals surface area contributed by atoms with E-state index in [1.807, 2.05) is 73.8 Å². The Labute approximate surface area is 144 Å². The topological polar surface area (TPSA) is 58.7 Å². The zero-order chi connectivity index (χ0) is 17.1. The minimum absolute atomic E-state index is 0.0715. The highest BCUT2D eigenvalue weighted by atomic mass is 32.2.